The average molecular weight is 313 g/mol. The zero-order valence-corrected chi connectivity index (χ0v) is 12.3. The zero-order chi connectivity index (χ0) is 15.2. The number of nitrogens with one attached hydrogen (secondary N) is 1. The van der Waals surface area contributed by atoms with Crippen molar-refractivity contribution in [1.82, 2.24) is 5.32 Å². The molecule has 1 aromatic heterocycles. The van der Waals surface area contributed by atoms with Gasteiger partial charge in [-0.05, 0) is 36.8 Å². The van der Waals surface area contributed by atoms with Crippen molar-refractivity contribution in [3.8, 4) is 0 Å². The number of aliphatic hydroxyl groups excluding tert-OH is 1. The Hall–Kier alpha value is -1.37. The molecule has 0 unspecified atom stereocenters. The molecule has 2 atom stereocenters. The molecule has 2 rings (SSSR count). The normalized spacial score (nSPS) is 14.3. The van der Waals surface area contributed by atoms with Gasteiger partial charge in [0.1, 0.15) is 11.9 Å². The van der Waals surface area contributed by atoms with Crippen LogP contribution < -0.4 is 5.32 Å². The molecule has 0 fully saturated rings. The second-order valence-electron chi connectivity index (χ2n) is 4.61. The van der Waals surface area contributed by atoms with Crippen molar-refractivity contribution in [3.63, 3.8) is 0 Å². The lowest BCUT2D eigenvalue weighted by Gasteiger charge is -2.16. The number of rotatable bonds is 7. The van der Waals surface area contributed by atoms with Gasteiger partial charge in [0.25, 0.3) is 5.76 Å². The predicted octanol–water partition coefficient (Wildman–Crippen LogP) is 3.98. The standard InChI is InChI=1S/C15H17F2NO2S/c1-10(18-9-13(19)14-3-2-8-20-14)11-4-6-12(7-5-11)21-15(16)17/h2-8,10,13,15,18-19H,9H2,1H3/t10-,13-/m1/s1. The minimum Gasteiger partial charge on any atom is -0.467 e. The number of benzene rings is 1. The molecule has 0 saturated carbocycles. The molecule has 0 bridgehead atoms. The SMILES string of the molecule is C[C@@H](NC[C@@H](O)c1ccco1)c1ccc(SC(F)F)cc1. The fourth-order valence-electron chi connectivity index (χ4n) is 1.93. The van der Waals surface area contributed by atoms with E-state index in [9.17, 15) is 13.9 Å². The number of furan rings is 1. The summed E-state index contributed by atoms with van der Waals surface area (Å²) < 4.78 is 29.6. The summed E-state index contributed by atoms with van der Waals surface area (Å²) in [5.41, 5.74) is 0.972. The highest BCUT2D eigenvalue weighted by molar-refractivity contribution is 7.99. The van der Waals surface area contributed by atoms with Crippen molar-refractivity contribution in [2.45, 2.75) is 29.7 Å². The van der Waals surface area contributed by atoms with Crippen molar-refractivity contribution < 1.29 is 18.3 Å². The lowest BCUT2D eigenvalue weighted by molar-refractivity contribution is 0.144. The third kappa shape index (κ3) is 4.84. The highest BCUT2D eigenvalue weighted by Crippen LogP contribution is 2.26. The molecule has 114 valence electrons. The maximum absolute atomic E-state index is 12.2. The van der Waals surface area contributed by atoms with Gasteiger partial charge in [0.15, 0.2) is 0 Å². The van der Waals surface area contributed by atoms with E-state index in [1.807, 2.05) is 19.1 Å². The molecule has 0 spiro atoms. The molecule has 0 aliphatic rings. The lowest BCUT2D eigenvalue weighted by Crippen LogP contribution is -2.24. The van der Waals surface area contributed by atoms with E-state index in [2.05, 4.69) is 5.32 Å². The van der Waals surface area contributed by atoms with Crippen LogP contribution in [0.15, 0.2) is 52.0 Å². The molecule has 0 aliphatic heterocycles. The van der Waals surface area contributed by atoms with Crippen LogP contribution >= 0.6 is 11.8 Å². The highest BCUT2D eigenvalue weighted by atomic mass is 32.2. The van der Waals surface area contributed by atoms with Crippen molar-refractivity contribution in [2.24, 2.45) is 0 Å². The first-order chi connectivity index (χ1) is 10.1. The molecule has 0 radical (unpaired) electrons. The van der Waals surface area contributed by atoms with Crippen LogP contribution in [-0.2, 0) is 0 Å². The molecule has 0 aliphatic carbocycles. The molecule has 2 N–H and O–H groups in total. The van der Waals surface area contributed by atoms with Gasteiger partial charge < -0.3 is 14.8 Å². The van der Waals surface area contributed by atoms with Crippen LogP contribution in [0.1, 0.15) is 30.4 Å². The first-order valence-electron chi connectivity index (χ1n) is 6.56. The summed E-state index contributed by atoms with van der Waals surface area (Å²) in [5.74, 6) is -1.90. The number of halogens is 2. The molecule has 6 heteroatoms. The van der Waals surface area contributed by atoms with E-state index in [1.54, 1.807) is 24.3 Å². The fourth-order valence-corrected chi connectivity index (χ4v) is 2.42. The molecule has 21 heavy (non-hydrogen) atoms. The van der Waals surface area contributed by atoms with Gasteiger partial charge in [-0.3, -0.25) is 0 Å². The maximum atomic E-state index is 12.2. The molecule has 3 nitrogen and oxygen atoms in total. The van der Waals surface area contributed by atoms with Gasteiger partial charge in [0.2, 0.25) is 0 Å². The third-order valence-corrected chi connectivity index (χ3v) is 3.82. The summed E-state index contributed by atoms with van der Waals surface area (Å²) in [7, 11) is 0. The Balaban J connectivity index is 1.86. The van der Waals surface area contributed by atoms with Crippen LogP contribution in [0.5, 0.6) is 0 Å². The summed E-state index contributed by atoms with van der Waals surface area (Å²) in [6, 6.07) is 10.4. The van der Waals surface area contributed by atoms with Crippen LogP contribution in [0.2, 0.25) is 0 Å². The van der Waals surface area contributed by atoms with Gasteiger partial charge in [-0.15, -0.1) is 0 Å². The van der Waals surface area contributed by atoms with E-state index in [4.69, 9.17) is 4.42 Å². The molecule has 0 amide bonds. The summed E-state index contributed by atoms with van der Waals surface area (Å²) in [5, 5.41) is 13.1. The average Bonchev–Trinajstić information content (AvgIpc) is 2.99. The van der Waals surface area contributed by atoms with Crippen LogP contribution in [0.4, 0.5) is 8.78 Å². The first-order valence-corrected chi connectivity index (χ1v) is 7.44. The molecular weight excluding hydrogens is 296 g/mol. The van der Waals surface area contributed by atoms with Crippen LogP contribution in [0.3, 0.4) is 0 Å². The topological polar surface area (TPSA) is 45.4 Å². The van der Waals surface area contributed by atoms with E-state index in [1.165, 1.54) is 6.26 Å². The Morgan fingerprint density at radius 3 is 2.52 bits per heavy atom. The van der Waals surface area contributed by atoms with Gasteiger partial charge in [0, 0.05) is 17.5 Å². The number of alkyl halides is 2. The molecule has 1 aromatic carbocycles. The van der Waals surface area contributed by atoms with Gasteiger partial charge in [-0.25, -0.2) is 0 Å². The minimum atomic E-state index is -2.41. The quantitative estimate of drug-likeness (QED) is 0.759. The van der Waals surface area contributed by atoms with Crippen LogP contribution in [0.25, 0.3) is 0 Å². The van der Waals surface area contributed by atoms with Gasteiger partial charge in [-0.1, -0.05) is 23.9 Å². The van der Waals surface area contributed by atoms with E-state index < -0.39 is 11.9 Å². The molecular formula is C15H17F2NO2S. The smallest absolute Gasteiger partial charge is 0.288 e. The van der Waals surface area contributed by atoms with E-state index in [0.29, 0.717) is 29.0 Å². The fraction of sp³-hybridized carbons (Fsp3) is 0.333. The Morgan fingerprint density at radius 1 is 1.24 bits per heavy atom. The van der Waals surface area contributed by atoms with Crippen molar-refractivity contribution in [2.75, 3.05) is 6.54 Å². The lowest BCUT2D eigenvalue weighted by atomic mass is 10.1. The minimum absolute atomic E-state index is 0.000197. The van der Waals surface area contributed by atoms with Crippen molar-refractivity contribution >= 4 is 11.8 Å². The number of thioether (sulfide) groups is 1. The number of aliphatic hydroxyl groups is 1. The molecule has 2 aromatic rings. The Bertz CT molecular complexity index is 531. The van der Waals surface area contributed by atoms with Crippen LogP contribution in [0, 0.1) is 0 Å². The Kier molecular flexibility index (Phi) is 5.78. The highest BCUT2D eigenvalue weighted by Gasteiger charge is 2.13. The summed E-state index contributed by atoms with van der Waals surface area (Å²) in [4.78, 5) is 0.538. The third-order valence-electron chi connectivity index (χ3n) is 3.09. The van der Waals surface area contributed by atoms with Gasteiger partial charge in [-0.2, -0.15) is 8.78 Å². The molecule has 1 heterocycles. The number of hydrogen-bond donors (Lipinski definition) is 2. The van der Waals surface area contributed by atoms with Crippen LogP contribution in [-0.4, -0.2) is 17.4 Å². The second kappa shape index (κ2) is 7.59. The molecule has 0 saturated heterocycles. The summed E-state index contributed by atoms with van der Waals surface area (Å²) >= 11 is 0.529. The Labute approximate surface area is 126 Å². The van der Waals surface area contributed by atoms with Crippen molar-refractivity contribution in [3.05, 3.63) is 54.0 Å². The second-order valence-corrected chi connectivity index (χ2v) is 5.67. The first kappa shape index (κ1) is 16.0. The predicted molar refractivity (Wildman–Crippen MR) is 78.4 cm³/mol. The van der Waals surface area contributed by atoms with Gasteiger partial charge >= 0.3 is 0 Å². The monoisotopic (exact) mass is 313 g/mol. The Morgan fingerprint density at radius 2 is 1.95 bits per heavy atom. The summed E-state index contributed by atoms with van der Waals surface area (Å²) in [6.07, 6.45) is 0.803. The largest absolute Gasteiger partial charge is 0.467 e. The summed E-state index contributed by atoms with van der Waals surface area (Å²) in [6.45, 7) is 2.30. The maximum Gasteiger partial charge on any atom is 0.288 e. The van der Waals surface area contributed by atoms with Gasteiger partial charge in [0.05, 0.1) is 6.26 Å². The number of hydrogen-bond acceptors (Lipinski definition) is 4. The van der Waals surface area contributed by atoms with Crippen molar-refractivity contribution in [1.29, 1.82) is 0 Å². The van der Waals surface area contributed by atoms with E-state index in [0.717, 1.165) is 5.56 Å². The zero-order valence-electron chi connectivity index (χ0n) is 11.5. The van der Waals surface area contributed by atoms with E-state index in [-0.39, 0.29) is 6.04 Å². The van der Waals surface area contributed by atoms with E-state index >= 15 is 0 Å².